The Hall–Kier alpha value is -3.17. The van der Waals surface area contributed by atoms with Gasteiger partial charge in [0.05, 0.1) is 23.4 Å². The van der Waals surface area contributed by atoms with Gasteiger partial charge in [-0.05, 0) is 62.6 Å². The summed E-state index contributed by atoms with van der Waals surface area (Å²) in [5.74, 6) is -4.88. The summed E-state index contributed by atoms with van der Waals surface area (Å²) in [6.45, 7) is 6.53. The second-order valence-electron chi connectivity index (χ2n) is 13.3. The summed E-state index contributed by atoms with van der Waals surface area (Å²) in [4.78, 5) is 45.1. The molecule has 1 aliphatic heterocycles. The summed E-state index contributed by atoms with van der Waals surface area (Å²) < 4.78 is 0. The van der Waals surface area contributed by atoms with Gasteiger partial charge in [0.15, 0.2) is 0 Å². The van der Waals surface area contributed by atoms with E-state index >= 15 is 4.79 Å². The minimum atomic E-state index is -1.88. The summed E-state index contributed by atoms with van der Waals surface area (Å²) in [5.41, 5.74) is -4.03. The first-order chi connectivity index (χ1) is 20.3. The van der Waals surface area contributed by atoms with E-state index in [2.05, 4.69) is 0 Å². The average molecular weight is 590 g/mol. The molecular formula is C35H43NO7. The number of imide groups is 1. The fourth-order valence-corrected chi connectivity index (χ4v) is 7.98. The molecule has 0 bridgehead atoms. The van der Waals surface area contributed by atoms with Crippen molar-refractivity contribution in [2.24, 2.45) is 29.1 Å². The van der Waals surface area contributed by atoms with Gasteiger partial charge in [-0.15, -0.1) is 0 Å². The first-order valence-electron chi connectivity index (χ1n) is 15.2. The SMILES string of the molecule is C[C@H]1C/C=C/[C@H]2[C@H](O)[C@](C)(O)[C@@H](C)[C@H]3[C@H](Cc4ccccc4)N(C(=O)c4ccccc4)C(=O)[C@]32C(=O)CC[C@@](C)(O)[C@@H]1O. The van der Waals surface area contributed by atoms with E-state index in [4.69, 9.17) is 0 Å². The second-order valence-corrected chi connectivity index (χ2v) is 13.3. The minimum absolute atomic E-state index is 0.108. The average Bonchev–Trinajstić information content (AvgIpc) is 3.24. The van der Waals surface area contributed by atoms with E-state index in [-0.39, 0.29) is 25.2 Å². The van der Waals surface area contributed by atoms with Crippen molar-refractivity contribution in [1.82, 2.24) is 4.90 Å². The molecule has 1 saturated heterocycles. The van der Waals surface area contributed by atoms with E-state index in [1.807, 2.05) is 30.3 Å². The van der Waals surface area contributed by atoms with Crippen LogP contribution >= 0.6 is 0 Å². The number of allylic oxidation sites excluding steroid dienone is 1. The van der Waals surface area contributed by atoms with Crippen LogP contribution in [0.3, 0.4) is 0 Å². The monoisotopic (exact) mass is 589 g/mol. The van der Waals surface area contributed by atoms with Crippen LogP contribution in [0, 0.1) is 29.1 Å². The molecular weight excluding hydrogens is 546 g/mol. The largest absolute Gasteiger partial charge is 0.390 e. The van der Waals surface area contributed by atoms with Crippen molar-refractivity contribution in [1.29, 1.82) is 0 Å². The van der Waals surface area contributed by atoms with Crippen molar-refractivity contribution in [2.45, 2.75) is 82.8 Å². The van der Waals surface area contributed by atoms with E-state index in [0.29, 0.717) is 12.0 Å². The van der Waals surface area contributed by atoms with Gasteiger partial charge in [0.25, 0.3) is 5.91 Å². The van der Waals surface area contributed by atoms with Gasteiger partial charge in [0.2, 0.25) is 5.91 Å². The highest BCUT2D eigenvalue weighted by Gasteiger charge is 2.74. The highest BCUT2D eigenvalue weighted by molar-refractivity contribution is 6.16. The van der Waals surface area contributed by atoms with Gasteiger partial charge < -0.3 is 20.4 Å². The third-order valence-electron chi connectivity index (χ3n) is 10.6. The molecule has 8 heteroatoms. The lowest BCUT2D eigenvalue weighted by atomic mass is 9.49. The number of ketones is 1. The van der Waals surface area contributed by atoms with Crippen molar-refractivity contribution in [2.75, 3.05) is 0 Å². The van der Waals surface area contributed by atoms with E-state index in [1.165, 1.54) is 18.7 Å². The van der Waals surface area contributed by atoms with Crippen molar-refractivity contribution in [3.05, 3.63) is 83.9 Å². The number of aliphatic hydroxyl groups excluding tert-OH is 2. The molecule has 8 nitrogen and oxygen atoms in total. The zero-order chi connectivity index (χ0) is 31.3. The minimum Gasteiger partial charge on any atom is -0.390 e. The summed E-state index contributed by atoms with van der Waals surface area (Å²) in [5, 5.41) is 45.7. The van der Waals surface area contributed by atoms with Crippen molar-refractivity contribution < 1.29 is 34.8 Å². The molecule has 1 heterocycles. The third-order valence-corrected chi connectivity index (χ3v) is 10.6. The third kappa shape index (κ3) is 4.98. The number of rotatable bonds is 3. The van der Waals surface area contributed by atoms with Crippen molar-refractivity contribution in [3.8, 4) is 0 Å². The van der Waals surface area contributed by atoms with Crippen LogP contribution in [0.1, 0.15) is 62.9 Å². The fourth-order valence-electron chi connectivity index (χ4n) is 7.98. The maximum Gasteiger partial charge on any atom is 0.260 e. The highest BCUT2D eigenvalue weighted by Crippen LogP contribution is 2.61. The van der Waals surface area contributed by atoms with Crippen LogP contribution in [0.2, 0.25) is 0 Å². The molecule has 3 aliphatic rings. The number of hydrogen-bond acceptors (Lipinski definition) is 7. The predicted octanol–water partition coefficient (Wildman–Crippen LogP) is 3.32. The number of Topliss-reactive ketones (excluding diaryl/α,β-unsaturated/α-hetero) is 1. The molecule has 2 aromatic rings. The predicted molar refractivity (Wildman–Crippen MR) is 161 cm³/mol. The topological polar surface area (TPSA) is 135 Å². The van der Waals surface area contributed by atoms with Crippen LogP contribution in [0.25, 0.3) is 0 Å². The van der Waals surface area contributed by atoms with E-state index < -0.39 is 70.2 Å². The fraction of sp³-hybridized carbons (Fsp3) is 0.514. The number of nitrogens with zero attached hydrogens (tertiary/aromatic N) is 1. The first kappa shape index (κ1) is 31.3. The number of likely N-dealkylation sites (tertiary alicyclic amines) is 1. The van der Waals surface area contributed by atoms with Crippen LogP contribution in [0.4, 0.5) is 0 Å². The number of amides is 2. The van der Waals surface area contributed by atoms with Crippen LogP contribution in [0.5, 0.6) is 0 Å². The molecule has 10 atom stereocenters. The molecule has 1 saturated carbocycles. The number of benzene rings is 2. The number of hydrogen-bond donors (Lipinski definition) is 4. The molecule has 230 valence electrons. The number of carbonyl (C=O) groups is 3. The van der Waals surface area contributed by atoms with Crippen LogP contribution in [-0.4, -0.2) is 72.4 Å². The Kier molecular flexibility index (Phi) is 8.28. The molecule has 2 aromatic carbocycles. The van der Waals surface area contributed by atoms with Crippen molar-refractivity contribution in [3.63, 3.8) is 0 Å². The standard InChI is InChI=1S/C35H43NO7/c1-21-12-11-17-25-30(39)34(4,43)22(2)28-26(20-23-13-7-5-8-14-23)36(31(40)24-15-9-6-10-16-24)32(41)35(25,28)27(37)18-19-33(3,42)29(21)38/h5-11,13-17,21-22,25-26,28-30,38-39,42-43H,12,18-20H2,1-4H3/b17-11+/t21-,22-,25-,26-,28-,29+,30-,33+,34+,35+/m0/s1. The first-order valence-corrected chi connectivity index (χ1v) is 15.2. The van der Waals surface area contributed by atoms with Crippen LogP contribution < -0.4 is 0 Å². The van der Waals surface area contributed by atoms with Crippen molar-refractivity contribution >= 4 is 17.6 Å². The van der Waals surface area contributed by atoms with Gasteiger partial charge in [-0.1, -0.05) is 74.5 Å². The van der Waals surface area contributed by atoms with Gasteiger partial charge in [-0.2, -0.15) is 0 Å². The molecule has 5 rings (SSSR count). The Bertz CT molecular complexity index is 1390. The Morgan fingerprint density at radius 1 is 0.930 bits per heavy atom. The van der Waals surface area contributed by atoms with Gasteiger partial charge in [-0.3, -0.25) is 19.3 Å². The van der Waals surface area contributed by atoms with Crippen LogP contribution in [-0.2, 0) is 16.0 Å². The molecule has 4 N–H and O–H groups in total. The summed E-state index contributed by atoms with van der Waals surface area (Å²) in [6, 6.07) is 17.1. The molecule has 43 heavy (non-hydrogen) atoms. The van der Waals surface area contributed by atoms with Gasteiger partial charge in [0, 0.05) is 29.9 Å². The normalized spacial score (nSPS) is 40.7. The smallest absolute Gasteiger partial charge is 0.260 e. The highest BCUT2D eigenvalue weighted by atomic mass is 16.3. The lowest BCUT2D eigenvalue weighted by Crippen LogP contribution is -2.67. The summed E-state index contributed by atoms with van der Waals surface area (Å²) in [6.07, 6.45) is 0.904. The lowest BCUT2D eigenvalue weighted by molar-refractivity contribution is -0.199. The molecule has 0 unspecified atom stereocenters. The van der Waals surface area contributed by atoms with Gasteiger partial charge in [-0.25, -0.2) is 0 Å². The van der Waals surface area contributed by atoms with Crippen LogP contribution in [0.15, 0.2) is 72.8 Å². The van der Waals surface area contributed by atoms with E-state index in [9.17, 15) is 30.0 Å². The van der Waals surface area contributed by atoms with Gasteiger partial charge in [0.1, 0.15) is 11.2 Å². The molecule has 2 aliphatic carbocycles. The second kappa shape index (κ2) is 11.4. The lowest BCUT2D eigenvalue weighted by Gasteiger charge is -2.55. The zero-order valence-electron chi connectivity index (χ0n) is 25.3. The molecule has 0 aromatic heterocycles. The molecule has 1 spiro atoms. The molecule has 2 amide bonds. The van der Waals surface area contributed by atoms with E-state index in [1.54, 1.807) is 56.3 Å². The maximum atomic E-state index is 15.0. The molecule has 0 radical (unpaired) electrons. The summed E-state index contributed by atoms with van der Waals surface area (Å²) >= 11 is 0. The molecule has 2 fully saturated rings. The number of aliphatic hydroxyl groups is 4. The van der Waals surface area contributed by atoms with Gasteiger partial charge >= 0.3 is 0 Å². The Morgan fingerprint density at radius 2 is 1.53 bits per heavy atom. The Morgan fingerprint density at radius 3 is 2.16 bits per heavy atom. The maximum absolute atomic E-state index is 15.0. The Balaban J connectivity index is 1.76. The Labute approximate surface area is 253 Å². The quantitative estimate of drug-likeness (QED) is 0.245. The summed E-state index contributed by atoms with van der Waals surface area (Å²) in [7, 11) is 0. The van der Waals surface area contributed by atoms with E-state index in [0.717, 1.165) is 5.56 Å². The zero-order valence-corrected chi connectivity index (χ0v) is 25.3. The number of carbonyl (C=O) groups excluding carboxylic acids is 3.